The molecule has 0 bridgehead atoms. The van der Waals surface area contributed by atoms with E-state index in [9.17, 15) is 0 Å². The van der Waals surface area contributed by atoms with Gasteiger partial charge in [0.1, 0.15) is 5.82 Å². The Balaban J connectivity index is 0.000000775. The molecule has 0 fully saturated rings. The van der Waals surface area contributed by atoms with Crippen LogP contribution in [-0.2, 0) is 25.4 Å². The summed E-state index contributed by atoms with van der Waals surface area (Å²) < 4.78 is 4.23. The first-order chi connectivity index (χ1) is 15.5. The molecule has 2 N–H and O–H groups in total. The van der Waals surface area contributed by atoms with Crippen LogP contribution in [0.3, 0.4) is 0 Å². The zero-order valence-corrected chi connectivity index (χ0v) is 18.1. The number of carbonyl (C=O) groups is 1. The number of rotatable bonds is 4. The lowest BCUT2D eigenvalue weighted by atomic mass is 10.0. The zero-order chi connectivity index (χ0) is 22.7. The van der Waals surface area contributed by atoms with E-state index in [1.807, 2.05) is 20.2 Å². The highest BCUT2D eigenvalue weighted by molar-refractivity contribution is 5.97. The number of nitrogens with zero attached hydrogens (tertiary/aromatic N) is 5. The molecule has 0 saturated carbocycles. The van der Waals surface area contributed by atoms with E-state index in [2.05, 4.69) is 79.0 Å². The molecular formula is C24H24N6O2. The van der Waals surface area contributed by atoms with Crippen molar-refractivity contribution in [3.05, 3.63) is 72.7 Å². The van der Waals surface area contributed by atoms with Crippen LogP contribution in [0.25, 0.3) is 33.1 Å². The minimum atomic E-state index is -0.250. The molecule has 8 heteroatoms. The van der Waals surface area contributed by atoms with Gasteiger partial charge in [0.2, 0.25) is 0 Å². The minimum Gasteiger partial charge on any atom is -0.483 e. The van der Waals surface area contributed by atoms with Crippen LogP contribution >= 0.6 is 0 Å². The fraction of sp³-hybridized carbons (Fsp3) is 0.167. The van der Waals surface area contributed by atoms with Crippen LogP contribution in [-0.4, -0.2) is 35.7 Å². The van der Waals surface area contributed by atoms with Crippen LogP contribution in [0.4, 0.5) is 5.69 Å². The van der Waals surface area contributed by atoms with Crippen LogP contribution in [0.15, 0.2) is 61.2 Å². The molecule has 0 aliphatic rings. The third kappa shape index (κ3) is 4.02. The quantitative estimate of drug-likeness (QED) is 0.418. The maximum absolute atomic E-state index is 8.36. The number of aromatic nitrogens is 5. The molecule has 2 aromatic carbocycles. The molecule has 0 saturated heterocycles. The minimum absolute atomic E-state index is 0.250. The largest absolute Gasteiger partial charge is 0.483 e. The van der Waals surface area contributed by atoms with Gasteiger partial charge in [-0.1, -0.05) is 12.1 Å². The van der Waals surface area contributed by atoms with E-state index in [1.54, 1.807) is 12.4 Å². The van der Waals surface area contributed by atoms with Crippen molar-refractivity contribution in [3.8, 4) is 11.1 Å². The summed E-state index contributed by atoms with van der Waals surface area (Å²) in [6, 6.07) is 12.9. The molecule has 8 nitrogen and oxygen atoms in total. The lowest BCUT2D eigenvalue weighted by Gasteiger charge is -2.12. The second kappa shape index (κ2) is 8.89. The first kappa shape index (κ1) is 21.0. The van der Waals surface area contributed by atoms with Gasteiger partial charge in [-0.15, -0.1) is 0 Å². The van der Waals surface area contributed by atoms with Gasteiger partial charge in [-0.05, 0) is 42.1 Å². The molecular weight excluding hydrogens is 404 g/mol. The van der Waals surface area contributed by atoms with Crippen molar-refractivity contribution < 1.29 is 9.90 Å². The Morgan fingerprint density at radius 1 is 1.06 bits per heavy atom. The average Bonchev–Trinajstić information content (AvgIpc) is 3.33. The van der Waals surface area contributed by atoms with Crippen LogP contribution < -0.4 is 5.32 Å². The molecule has 0 spiro atoms. The molecule has 32 heavy (non-hydrogen) atoms. The van der Waals surface area contributed by atoms with E-state index in [1.165, 1.54) is 10.9 Å². The Morgan fingerprint density at radius 2 is 1.84 bits per heavy atom. The highest BCUT2D eigenvalue weighted by Gasteiger charge is 2.11. The van der Waals surface area contributed by atoms with Crippen molar-refractivity contribution in [1.29, 1.82) is 0 Å². The topological polar surface area (TPSA) is 97.9 Å². The first-order valence-electron chi connectivity index (χ1n) is 10.1. The van der Waals surface area contributed by atoms with Crippen LogP contribution in [0.2, 0.25) is 0 Å². The zero-order valence-electron chi connectivity index (χ0n) is 18.1. The number of fused-ring (bicyclic) bond motifs is 2. The van der Waals surface area contributed by atoms with Crippen LogP contribution in [0.1, 0.15) is 11.5 Å². The summed E-state index contributed by atoms with van der Waals surface area (Å²) in [5.74, 6) is 1.00. The number of anilines is 1. The second-order valence-corrected chi connectivity index (χ2v) is 7.46. The van der Waals surface area contributed by atoms with E-state index in [-0.39, 0.29) is 6.47 Å². The molecule has 162 valence electrons. The molecule has 5 rings (SSSR count). The normalized spacial score (nSPS) is 10.7. The second-order valence-electron chi connectivity index (χ2n) is 7.46. The number of benzene rings is 2. The lowest BCUT2D eigenvalue weighted by molar-refractivity contribution is -0.122. The van der Waals surface area contributed by atoms with E-state index in [0.29, 0.717) is 6.54 Å². The molecule has 0 amide bonds. The van der Waals surface area contributed by atoms with Crippen LogP contribution in [0, 0.1) is 6.92 Å². The summed E-state index contributed by atoms with van der Waals surface area (Å²) in [7, 11) is 4.10. The third-order valence-corrected chi connectivity index (χ3v) is 5.56. The molecule has 0 atom stereocenters. The van der Waals surface area contributed by atoms with Crippen molar-refractivity contribution in [2.24, 2.45) is 14.1 Å². The smallest absolute Gasteiger partial charge is 0.290 e. The molecule has 3 heterocycles. The predicted octanol–water partition coefficient (Wildman–Crippen LogP) is 4.14. The standard InChI is InChI=1S/C23H22N6.CH2O2/c1-15-26-13-19(29(15)3)14-27-18-11-20(23-21(12-18)24-7-8-25-23)17-5-4-16-6-9-28(2)22(16)10-17;2-1-3/h4-13,27H,14H2,1-3H3;1H,(H,2,3). The molecule has 3 aromatic heterocycles. The van der Waals surface area contributed by atoms with E-state index in [4.69, 9.17) is 9.90 Å². The fourth-order valence-electron chi connectivity index (χ4n) is 3.73. The SMILES string of the molecule is Cc1ncc(CNc2cc(-c3ccc4ccn(C)c4c3)c3nccnc3c2)n1C.O=CO. The van der Waals surface area contributed by atoms with Gasteiger partial charge in [0.15, 0.2) is 0 Å². The van der Waals surface area contributed by atoms with E-state index in [0.717, 1.165) is 39.4 Å². The third-order valence-electron chi connectivity index (χ3n) is 5.56. The van der Waals surface area contributed by atoms with Crippen molar-refractivity contribution in [1.82, 2.24) is 24.1 Å². The first-order valence-corrected chi connectivity index (χ1v) is 10.1. The summed E-state index contributed by atoms with van der Waals surface area (Å²) >= 11 is 0. The highest BCUT2D eigenvalue weighted by Crippen LogP contribution is 2.32. The Morgan fingerprint density at radius 3 is 2.59 bits per heavy atom. The van der Waals surface area contributed by atoms with Crippen molar-refractivity contribution in [2.75, 3.05) is 5.32 Å². The number of imidazole rings is 1. The van der Waals surface area contributed by atoms with Gasteiger partial charge < -0.3 is 19.6 Å². The Labute approximate surface area is 185 Å². The maximum Gasteiger partial charge on any atom is 0.290 e. The molecule has 5 aromatic rings. The summed E-state index contributed by atoms with van der Waals surface area (Å²) in [5, 5.41) is 11.6. The lowest BCUT2D eigenvalue weighted by Crippen LogP contribution is -2.05. The Hall–Kier alpha value is -4.20. The number of aryl methyl sites for hydroxylation is 2. The average molecular weight is 428 g/mol. The summed E-state index contributed by atoms with van der Waals surface area (Å²) in [6.07, 6.45) is 7.48. The van der Waals surface area contributed by atoms with Gasteiger partial charge in [0.05, 0.1) is 29.5 Å². The van der Waals surface area contributed by atoms with Crippen molar-refractivity contribution >= 4 is 34.1 Å². The summed E-state index contributed by atoms with van der Waals surface area (Å²) in [6.45, 7) is 2.45. The number of nitrogens with one attached hydrogen (secondary N) is 1. The van der Waals surface area contributed by atoms with E-state index < -0.39 is 0 Å². The van der Waals surface area contributed by atoms with Crippen molar-refractivity contribution in [3.63, 3.8) is 0 Å². The fourth-order valence-corrected chi connectivity index (χ4v) is 3.73. The number of hydrogen-bond donors (Lipinski definition) is 2. The molecule has 0 aliphatic carbocycles. The number of hydrogen-bond acceptors (Lipinski definition) is 5. The van der Waals surface area contributed by atoms with Gasteiger partial charge in [-0.2, -0.15) is 0 Å². The molecule has 0 aliphatic heterocycles. The monoisotopic (exact) mass is 428 g/mol. The number of carboxylic acid groups (broad SMARTS) is 1. The Bertz CT molecular complexity index is 1400. The predicted molar refractivity (Wildman–Crippen MR) is 125 cm³/mol. The maximum atomic E-state index is 8.36. The van der Waals surface area contributed by atoms with Crippen LogP contribution in [0.5, 0.6) is 0 Å². The molecule has 0 radical (unpaired) electrons. The van der Waals surface area contributed by atoms with Gasteiger partial charge in [0.25, 0.3) is 6.47 Å². The van der Waals surface area contributed by atoms with Crippen molar-refractivity contribution in [2.45, 2.75) is 13.5 Å². The van der Waals surface area contributed by atoms with Gasteiger partial charge in [-0.25, -0.2) is 4.98 Å². The Kier molecular flexibility index (Phi) is 5.85. The van der Waals surface area contributed by atoms with Gasteiger partial charge >= 0.3 is 0 Å². The van der Waals surface area contributed by atoms with Gasteiger partial charge in [0, 0.05) is 49.5 Å². The highest BCUT2D eigenvalue weighted by atomic mass is 16.3. The van der Waals surface area contributed by atoms with E-state index >= 15 is 0 Å². The molecule has 0 unspecified atom stereocenters. The summed E-state index contributed by atoms with van der Waals surface area (Å²) in [5.41, 5.74) is 7.33. The summed E-state index contributed by atoms with van der Waals surface area (Å²) in [4.78, 5) is 21.9. The van der Waals surface area contributed by atoms with Gasteiger partial charge in [-0.3, -0.25) is 14.8 Å².